The highest BCUT2D eigenvalue weighted by Gasteiger charge is 2.29. The Balaban J connectivity index is 1.34. The number of nitrogens with zero attached hydrogens (tertiary/aromatic N) is 6. The first kappa shape index (κ1) is 25.1. The third-order valence-corrected chi connectivity index (χ3v) is 8.06. The third kappa shape index (κ3) is 4.43. The lowest BCUT2D eigenvalue weighted by atomic mass is 10.0. The molecular formula is C28H25BrN6O4. The molecule has 4 heterocycles. The number of hydrogen-bond donors (Lipinski definition) is 2. The summed E-state index contributed by atoms with van der Waals surface area (Å²) in [6.07, 6.45) is 4.27. The molecule has 0 spiro atoms. The average molecular weight is 589 g/mol. The van der Waals surface area contributed by atoms with Crippen molar-refractivity contribution in [1.82, 2.24) is 28.6 Å². The van der Waals surface area contributed by atoms with E-state index < -0.39 is 5.97 Å². The Morgan fingerprint density at radius 2 is 1.92 bits per heavy atom. The molecule has 6 rings (SSSR count). The predicted octanol–water partition coefficient (Wildman–Crippen LogP) is 4.20. The molecule has 3 aromatic heterocycles. The topological polar surface area (TPSA) is 118 Å². The zero-order valence-electron chi connectivity index (χ0n) is 21.0. The summed E-state index contributed by atoms with van der Waals surface area (Å²) in [5, 5.41) is 20.0. The molecule has 0 radical (unpaired) electrons. The lowest BCUT2D eigenvalue weighted by Crippen LogP contribution is -2.29. The minimum Gasteiger partial charge on any atom is -0.507 e. The number of likely N-dealkylation sites (tertiary alicyclic amines) is 1. The van der Waals surface area contributed by atoms with Gasteiger partial charge in [0.05, 0.1) is 35.6 Å². The maximum Gasteiger partial charge on any atom is 0.335 e. The molecule has 1 atom stereocenters. The molecule has 2 N–H and O–H groups in total. The highest BCUT2D eigenvalue weighted by atomic mass is 79.9. The van der Waals surface area contributed by atoms with Crippen LogP contribution < -0.4 is 5.69 Å². The van der Waals surface area contributed by atoms with E-state index in [1.165, 1.54) is 12.1 Å². The Morgan fingerprint density at radius 3 is 2.62 bits per heavy atom. The average Bonchev–Trinajstić information content (AvgIpc) is 3.60. The van der Waals surface area contributed by atoms with Crippen LogP contribution in [-0.4, -0.2) is 57.8 Å². The second-order valence-electron chi connectivity index (χ2n) is 9.65. The van der Waals surface area contributed by atoms with Gasteiger partial charge in [0, 0.05) is 38.0 Å². The first-order chi connectivity index (χ1) is 18.8. The van der Waals surface area contributed by atoms with E-state index in [-0.39, 0.29) is 23.0 Å². The van der Waals surface area contributed by atoms with E-state index in [4.69, 9.17) is 5.11 Å². The van der Waals surface area contributed by atoms with Gasteiger partial charge in [-0.15, -0.1) is 0 Å². The number of rotatable bonds is 6. The van der Waals surface area contributed by atoms with Crippen LogP contribution in [0.3, 0.4) is 0 Å². The van der Waals surface area contributed by atoms with Crippen LogP contribution in [0.15, 0.2) is 76.4 Å². The van der Waals surface area contributed by atoms with E-state index >= 15 is 0 Å². The van der Waals surface area contributed by atoms with Crippen LogP contribution in [0.5, 0.6) is 5.75 Å². The van der Waals surface area contributed by atoms with Crippen molar-refractivity contribution in [2.24, 2.45) is 7.05 Å². The lowest BCUT2D eigenvalue weighted by molar-refractivity contribution is 0.0697. The molecule has 2 aromatic carbocycles. The number of phenols is 1. The van der Waals surface area contributed by atoms with Gasteiger partial charge in [-0.2, -0.15) is 0 Å². The van der Waals surface area contributed by atoms with Gasteiger partial charge in [0.2, 0.25) is 0 Å². The van der Waals surface area contributed by atoms with Gasteiger partial charge in [-0.1, -0.05) is 12.1 Å². The molecule has 0 amide bonds. The van der Waals surface area contributed by atoms with E-state index in [9.17, 15) is 14.7 Å². The molecule has 198 valence electrons. The molecule has 5 aromatic rings. The van der Waals surface area contributed by atoms with Crippen molar-refractivity contribution in [2.75, 3.05) is 13.1 Å². The molecule has 1 aliphatic rings. The second kappa shape index (κ2) is 9.83. The fraction of sp³-hybridized carbons (Fsp3) is 0.214. The van der Waals surface area contributed by atoms with E-state index in [2.05, 4.69) is 30.8 Å². The zero-order valence-corrected chi connectivity index (χ0v) is 22.6. The minimum absolute atomic E-state index is 0.0134. The molecule has 0 saturated carbocycles. The van der Waals surface area contributed by atoms with Crippen LogP contribution in [0.25, 0.3) is 28.0 Å². The number of carbonyl (C=O) groups is 1. The number of halogens is 1. The zero-order chi connectivity index (χ0) is 27.3. The Labute approximate surface area is 231 Å². The van der Waals surface area contributed by atoms with Crippen molar-refractivity contribution in [2.45, 2.75) is 19.0 Å². The van der Waals surface area contributed by atoms with Crippen LogP contribution in [0.2, 0.25) is 0 Å². The Morgan fingerprint density at radius 1 is 1.13 bits per heavy atom. The Kier molecular flexibility index (Phi) is 6.32. The number of fused-ring (bicyclic) bond motifs is 1. The molecule has 39 heavy (non-hydrogen) atoms. The van der Waals surface area contributed by atoms with Gasteiger partial charge in [-0.05, 0) is 64.3 Å². The number of aromatic hydroxyl groups is 1. The maximum absolute atomic E-state index is 13.9. The van der Waals surface area contributed by atoms with Crippen molar-refractivity contribution in [1.29, 1.82) is 0 Å². The van der Waals surface area contributed by atoms with Crippen molar-refractivity contribution < 1.29 is 15.0 Å². The summed E-state index contributed by atoms with van der Waals surface area (Å²) in [7, 11) is 1.97. The number of hydrogen-bond acceptors (Lipinski definition) is 6. The van der Waals surface area contributed by atoms with Crippen LogP contribution >= 0.6 is 15.9 Å². The van der Waals surface area contributed by atoms with Crippen molar-refractivity contribution in [3.05, 3.63) is 93.5 Å². The van der Waals surface area contributed by atoms with E-state index in [0.717, 1.165) is 23.4 Å². The highest BCUT2D eigenvalue weighted by molar-refractivity contribution is 9.10. The smallest absolute Gasteiger partial charge is 0.335 e. The van der Waals surface area contributed by atoms with Gasteiger partial charge in [-0.25, -0.2) is 19.6 Å². The first-order valence-electron chi connectivity index (χ1n) is 12.5. The van der Waals surface area contributed by atoms with Gasteiger partial charge < -0.3 is 14.8 Å². The van der Waals surface area contributed by atoms with Crippen molar-refractivity contribution >= 4 is 33.1 Å². The second-order valence-corrected chi connectivity index (χ2v) is 10.5. The fourth-order valence-corrected chi connectivity index (χ4v) is 5.57. The van der Waals surface area contributed by atoms with Gasteiger partial charge in [0.1, 0.15) is 16.2 Å². The quantitative estimate of drug-likeness (QED) is 0.305. The standard InChI is InChI=1S/C28H25BrN6O4/c1-32-24(29)14-31-25(32)16-33-12-10-20(15-33)35-26-22(3-2-11-30-26)34(28(35)39)19-8-9-21(23(36)13-19)17-4-6-18(7-5-17)27(37)38/h2-9,11,13-14,20,36H,10,12,15-16H2,1H3,(H,37,38). The lowest BCUT2D eigenvalue weighted by Gasteiger charge is -2.16. The van der Waals surface area contributed by atoms with Crippen LogP contribution in [-0.2, 0) is 13.6 Å². The monoisotopic (exact) mass is 588 g/mol. The van der Waals surface area contributed by atoms with Crippen molar-refractivity contribution in [3.8, 4) is 22.6 Å². The normalized spacial score (nSPS) is 15.8. The number of aromatic carboxylic acids is 1. The first-order valence-corrected chi connectivity index (χ1v) is 13.2. The van der Waals surface area contributed by atoms with E-state index in [1.807, 2.05) is 17.7 Å². The molecule has 1 unspecified atom stereocenters. The van der Waals surface area contributed by atoms with Gasteiger partial charge in [0.15, 0.2) is 5.65 Å². The van der Waals surface area contributed by atoms with E-state index in [1.54, 1.807) is 57.9 Å². The third-order valence-electron chi connectivity index (χ3n) is 7.32. The van der Waals surface area contributed by atoms with Gasteiger partial charge >= 0.3 is 11.7 Å². The maximum atomic E-state index is 13.9. The molecular weight excluding hydrogens is 564 g/mol. The molecule has 0 bridgehead atoms. The number of carboxylic acids is 1. The summed E-state index contributed by atoms with van der Waals surface area (Å²) in [5.41, 5.74) is 2.94. The summed E-state index contributed by atoms with van der Waals surface area (Å²) < 4.78 is 6.27. The van der Waals surface area contributed by atoms with Gasteiger partial charge in [-0.3, -0.25) is 14.0 Å². The molecule has 1 saturated heterocycles. The summed E-state index contributed by atoms with van der Waals surface area (Å²) in [6, 6.07) is 14.9. The molecule has 0 aliphatic carbocycles. The summed E-state index contributed by atoms with van der Waals surface area (Å²) in [6.45, 7) is 2.20. The summed E-state index contributed by atoms with van der Waals surface area (Å²) in [4.78, 5) is 36.4. The van der Waals surface area contributed by atoms with Gasteiger partial charge in [0.25, 0.3) is 0 Å². The molecule has 1 fully saturated rings. The Bertz CT molecular complexity index is 1770. The van der Waals surface area contributed by atoms with Crippen molar-refractivity contribution in [3.63, 3.8) is 0 Å². The minimum atomic E-state index is -1.01. The predicted molar refractivity (Wildman–Crippen MR) is 149 cm³/mol. The summed E-state index contributed by atoms with van der Waals surface area (Å²) >= 11 is 3.49. The number of phenolic OH excluding ortho intramolecular Hbond substituents is 1. The number of pyridine rings is 1. The number of imidazole rings is 2. The van der Waals surface area contributed by atoms with Crippen LogP contribution in [0, 0.1) is 0 Å². The number of benzene rings is 2. The molecule has 1 aliphatic heterocycles. The fourth-order valence-electron chi connectivity index (χ4n) is 5.26. The molecule has 11 heteroatoms. The highest BCUT2D eigenvalue weighted by Crippen LogP contribution is 2.33. The SMILES string of the molecule is Cn1c(Br)cnc1CN1CCC(n2c(=O)n(-c3ccc(-c4ccc(C(=O)O)cc4)c(O)c3)c3cccnc32)C1. The number of carboxylic acid groups (broad SMARTS) is 1. The van der Waals surface area contributed by atoms with Crippen LogP contribution in [0.4, 0.5) is 0 Å². The largest absolute Gasteiger partial charge is 0.507 e. The van der Waals surface area contributed by atoms with Crippen LogP contribution in [0.1, 0.15) is 28.6 Å². The summed E-state index contributed by atoms with van der Waals surface area (Å²) in [5.74, 6) is -0.0790. The molecule has 10 nitrogen and oxygen atoms in total. The number of aromatic nitrogens is 5. The Hall–Kier alpha value is -4.22. The van der Waals surface area contributed by atoms with E-state index in [0.29, 0.717) is 41.1 Å².